The number of nitrogens with one attached hydrogen (secondary N) is 2. The van der Waals surface area contributed by atoms with Crippen LogP contribution in [0, 0.1) is 17.5 Å². The van der Waals surface area contributed by atoms with Crippen LogP contribution >= 0.6 is 0 Å². The van der Waals surface area contributed by atoms with E-state index >= 15 is 0 Å². The SMILES string of the molecule is CN1CCC(c2c[nH]c3c2C=CCC(Nc2cc(F)c(F)cc2F)=C3)CC1. The van der Waals surface area contributed by atoms with Crippen molar-refractivity contribution in [2.45, 2.75) is 25.2 Å². The van der Waals surface area contributed by atoms with Crippen molar-refractivity contribution in [1.82, 2.24) is 9.88 Å². The lowest BCUT2D eigenvalue weighted by Gasteiger charge is -2.29. The van der Waals surface area contributed by atoms with Crippen molar-refractivity contribution in [3.8, 4) is 0 Å². The highest BCUT2D eigenvalue weighted by molar-refractivity contribution is 5.72. The second-order valence-electron chi connectivity index (χ2n) is 7.30. The van der Waals surface area contributed by atoms with Gasteiger partial charge in [0.15, 0.2) is 11.6 Å². The van der Waals surface area contributed by atoms with Gasteiger partial charge < -0.3 is 15.2 Å². The number of aromatic amines is 1. The van der Waals surface area contributed by atoms with Crippen LogP contribution in [0.25, 0.3) is 12.2 Å². The average molecular weight is 373 g/mol. The van der Waals surface area contributed by atoms with E-state index in [4.69, 9.17) is 0 Å². The third-order valence-corrected chi connectivity index (χ3v) is 5.39. The van der Waals surface area contributed by atoms with Crippen LogP contribution in [-0.4, -0.2) is 30.0 Å². The fourth-order valence-electron chi connectivity index (χ4n) is 3.84. The van der Waals surface area contributed by atoms with Crippen molar-refractivity contribution in [2.24, 2.45) is 0 Å². The number of piperidine rings is 1. The number of H-pyrrole nitrogens is 1. The third-order valence-electron chi connectivity index (χ3n) is 5.39. The maximum Gasteiger partial charge on any atom is 0.161 e. The molecule has 3 nitrogen and oxygen atoms in total. The van der Waals surface area contributed by atoms with Gasteiger partial charge in [0.1, 0.15) is 5.82 Å². The lowest BCUT2D eigenvalue weighted by molar-refractivity contribution is 0.255. The van der Waals surface area contributed by atoms with Crippen LogP contribution in [0.15, 0.2) is 30.1 Å². The minimum atomic E-state index is -1.19. The summed E-state index contributed by atoms with van der Waals surface area (Å²) in [6, 6.07) is 1.41. The fourth-order valence-corrected chi connectivity index (χ4v) is 3.84. The van der Waals surface area contributed by atoms with E-state index in [9.17, 15) is 13.2 Å². The molecule has 142 valence electrons. The minimum absolute atomic E-state index is 0.0703. The topological polar surface area (TPSA) is 31.1 Å². The van der Waals surface area contributed by atoms with Crippen LogP contribution in [0.3, 0.4) is 0 Å². The Hall–Kier alpha value is -2.47. The van der Waals surface area contributed by atoms with Gasteiger partial charge in [0, 0.05) is 41.7 Å². The van der Waals surface area contributed by atoms with Gasteiger partial charge in [-0.1, -0.05) is 12.2 Å². The first-order valence-electron chi connectivity index (χ1n) is 9.19. The zero-order valence-electron chi connectivity index (χ0n) is 15.2. The van der Waals surface area contributed by atoms with Crippen LogP contribution in [-0.2, 0) is 0 Å². The number of benzene rings is 1. The Morgan fingerprint density at radius 3 is 2.59 bits per heavy atom. The molecule has 1 aromatic heterocycles. The van der Waals surface area contributed by atoms with E-state index in [-0.39, 0.29) is 5.69 Å². The fraction of sp³-hybridized carbons (Fsp3) is 0.333. The van der Waals surface area contributed by atoms with Gasteiger partial charge in [-0.05, 0) is 50.5 Å². The second-order valence-corrected chi connectivity index (χ2v) is 7.30. The molecule has 1 fully saturated rings. The molecule has 0 spiro atoms. The molecule has 2 heterocycles. The highest BCUT2D eigenvalue weighted by atomic mass is 19.2. The summed E-state index contributed by atoms with van der Waals surface area (Å²) in [5, 5.41) is 2.89. The van der Waals surface area contributed by atoms with E-state index in [0.717, 1.165) is 43.3 Å². The van der Waals surface area contributed by atoms with Gasteiger partial charge in [-0.3, -0.25) is 0 Å². The number of fused-ring (bicyclic) bond motifs is 1. The van der Waals surface area contributed by atoms with Gasteiger partial charge in [-0.25, -0.2) is 13.2 Å². The van der Waals surface area contributed by atoms with E-state index in [1.807, 2.05) is 12.2 Å². The third kappa shape index (κ3) is 3.67. The Balaban J connectivity index is 1.59. The standard InChI is InChI=1S/C21H22F3N3/c1-27-7-5-13(6-8-27)16-12-25-20-9-14(3-2-4-15(16)20)26-21-11-18(23)17(22)10-19(21)24/h2,4,9-13,25-26H,3,5-8H2,1H3. The number of hydrogen-bond acceptors (Lipinski definition) is 2. The number of anilines is 1. The lowest BCUT2D eigenvalue weighted by Crippen LogP contribution is -2.29. The maximum absolute atomic E-state index is 13.9. The molecule has 1 aliphatic carbocycles. The summed E-state index contributed by atoms with van der Waals surface area (Å²) in [5.41, 5.74) is 4.06. The highest BCUT2D eigenvalue weighted by Crippen LogP contribution is 2.34. The van der Waals surface area contributed by atoms with E-state index in [1.165, 1.54) is 5.56 Å². The summed E-state index contributed by atoms with van der Waals surface area (Å²) >= 11 is 0. The summed E-state index contributed by atoms with van der Waals surface area (Å²) in [7, 11) is 2.14. The zero-order chi connectivity index (χ0) is 19.0. The number of nitrogens with zero attached hydrogens (tertiary/aromatic N) is 1. The van der Waals surface area contributed by atoms with Crippen LogP contribution in [0.5, 0.6) is 0 Å². The molecule has 1 aliphatic heterocycles. The Morgan fingerprint density at radius 1 is 1.07 bits per heavy atom. The van der Waals surface area contributed by atoms with Crippen molar-refractivity contribution in [3.63, 3.8) is 0 Å². The minimum Gasteiger partial charge on any atom is -0.361 e. The number of allylic oxidation sites excluding steroid dienone is 1. The van der Waals surface area contributed by atoms with Crippen molar-refractivity contribution in [1.29, 1.82) is 0 Å². The molecular formula is C21H22F3N3. The molecule has 27 heavy (non-hydrogen) atoms. The van der Waals surface area contributed by atoms with Crippen LogP contribution in [0.4, 0.5) is 18.9 Å². The molecule has 0 bridgehead atoms. The normalized spacial score (nSPS) is 18.1. The van der Waals surface area contributed by atoms with Crippen molar-refractivity contribution >= 4 is 17.8 Å². The smallest absolute Gasteiger partial charge is 0.161 e. The molecule has 1 aromatic carbocycles. The second kappa shape index (κ2) is 7.27. The summed E-state index contributed by atoms with van der Waals surface area (Å²) in [5.74, 6) is -2.56. The Kier molecular flexibility index (Phi) is 4.83. The molecular weight excluding hydrogens is 351 g/mol. The molecule has 6 heteroatoms. The number of hydrogen-bond donors (Lipinski definition) is 2. The molecule has 4 rings (SSSR count). The van der Waals surface area contributed by atoms with E-state index < -0.39 is 17.5 Å². The molecule has 0 saturated carbocycles. The predicted octanol–water partition coefficient (Wildman–Crippen LogP) is 5.11. The molecule has 2 aliphatic rings. The van der Waals surface area contributed by atoms with Crippen LogP contribution in [0.2, 0.25) is 0 Å². The highest BCUT2D eigenvalue weighted by Gasteiger charge is 2.23. The Bertz CT molecular complexity index is 906. The van der Waals surface area contributed by atoms with E-state index in [2.05, 4.69) is 34.5 Å². The molecule has 0 amide bonds. The number of likely N-dealkylation sites (tertiary alicyclic amines) is 1. The molecule has 2 N–H and O–H groups in total. The largest absolute Gasteiger partial charge is 0.361 e. The van der Waals surface area contributed by atoms with Gasteiger partial charge in [0.2, 0.25) is 0 Å². The number of halogens is 3. The summed E-state index contributed by atoms with van der Waals surface area (Å²) < 4.78 is 40.5. The predicted molar refractivity (Wildman–Crippen MR) is 102 cm³/mol. The first-order chi connectivity index (χ1) is 13.0. The average Bonchev–Trinajstić information content (AvgIpc) is 2.92. The van der Waals surface area contributed by atoms with Gasteiger partial charge in [-0.2, -0.15) is 0 Å². The molecule has 1 saturated heterocycles. The number of aromatic nitrogens is 1. The Labute approximate surface area is 156 Å². The lowest BCUT2D eigenvalue weighted by atomic mass is 9.88. The van der Waals surface area contributed by atoms with E-state index in [0.29, 0.717) is 24.1 Å². The van der Waals surface area contributed by atoms with Crippen LogP contribution < -0.4 is 5.32 Å². The summed E-state index contributed by atoms with van der Waals surface area (Å²) in [6.45, 7) is 2.18. The van der Waals surface area contributed by atoms with Crippen molar-refractivity contribution in [2.75, 3.05) is 25.5 Å². The van der Waals surface area contributed by atoms with Crippen molar-refractivity contribution < 1.29 is 13.2 Å². The molecule has 0 atom stereocenters. The number of rotatable bonds is 3. The van der Waals surface area contributed by atoms with Gasteiger partial charge in [0.25, 0.3) is 0 Å². The first-order valence-corrected chi connectivity index (χ1v) is 9.19. The van der Waals surface area contributed by atoms with Gasteiger partial charge in [-0.15, -0.1) is 0 Å². The zero-order valence-corrected chi connectivity index (χ0v) is 15.2. The first kappa shape index (κ1) is 17.9. The summed E-state index contributed by atoms with van der Waals surface area (Å²) in [4.78, 5) is 5.66. The van der Waals surface area contributed by atoms with Gasteiger partial charge in [0.05, 0.1) is 5.69 Å². The van der Waals surface area contributed by atoms with Crippen molar-refractivity contribution in [3.05, 3.63) is 64.4 Å². The molecule has 0 radical (unpaired) electrons. The van der Waals surface area contributed by atoms with E-state index in [1.54, 1.807) is 0 Å². The Morgan fingerprint density at radius 2 is 1.81 bits per heavy atom. The molecule has 2 aromatic rings. The summed E-state index contributed by atoms with van der Waals surface area (Å²) in [6.07, 6.45) is 10.9. The van der Waals surface area contributed by atoms with Crippen LogP contribution in [0.1, 0.15) is 42.0 Å². The molecule has 0 unspecified atom stereocenters. The monoisotopic (exact) mass is 373 g/mol. The van der Waals surface area contributed by atoms with Gasteiger partial charge >= 0.3 is 0 Å². The quantitative estimate of drug-likeness (QED) is 0.733. The maximum atomic E-state index is 13.9.